The summed E-state index contributed by atoms with van der Waals surface area (Å²) in [7, 11) is -3.57. The second kappa shape index (κ2) is 6.41. The van der Waals surface area contributed by atoms with Crippen molar-refractivity contribution in [3.05, 3.63) is 17.6 Å². The fourth-order valence-corrected chi connectivity index (χ4v) is 6.01. The van der Waals surface area contributed by atoms with Crippen LogP contribution in [0, 0.1) is 6.92 Å². The minimum Gasteiger partial charge on any atom is -0.455 e. The first kappa shape index (κ1) is 17.1. The summed E-state index contributed by atoms with van der Waals surface area (Å²) < 4.78 is 32.4. The third kappa shape index (κ3) is 3.22. The average Bonchev–Trinajstić information content (AvgIpc) is 3.28. The molecule has 1 aromatic heterocycles. The van der Waals surface area contributed by atoms with Crippen molar-refractivity contribution >= 4 is 15.9 Å². The van der Waals surface area contributed by atoms with E-state index in [0.717, 1.165) is 38.5 Å². The lowest BCUT2D eigenvalue weighted by Gasteiger charge is -2.29. The zero-order valence-electron chi connectivity index (χ0n) is 14.5. The van der Waals surface area contributed by atoms with Gasteiger partial charge in [0.05, 0.1) is 0 Å². The van der Waals surface area contributed by atoms with Gasteiger partial charge >= 0.3 is 0 Å². The lowest BCUT2D eigenvalue weighted by molar-refractivity contribution is 0.0894. The smallest absolute Gasteiger partial charge is 0.287 e. The number of hydrogen-bond acceptors (Lipinski definition) is 5. The number of furan rings is 1. The quantitative estimate of drug-likeness (QED) is 0.839. The number of piperidine rings is 1. The van der Waals surface area contributed by atoms with E-state index in [9.17, 15) is 13.2 Å². The van der Waals surface area contributed by atoms with Crippen LogP contribution in [0.1, 0.15) is 54.8 Å². The molecule has 8 heteroatoms. The molecule has 2 N–H and O–H groups in total. The average molecular weight is 367 g/mol. The van der Waals surface area contributed by atoms with Crippen LogP contribution in [0.25, 0.3) is 0 Å². The van der Waals surface area contributed by atoms with Gasteiger partial charge in [-0.25, -0.2) is 8.42 Å². The van der Waals surface area contributed by atoms with Crippen molar-refractivity contribution < 1.29 is 17.6 Å². The van der Waals surface area contributed by atoms with Crippen molar-refractivity contribution in [2.75, 3.05) is 13.1 Å². The number of carbonyl (C=O) groups excluding carboxylic acids is 1. The topological polar surface area (TPSA) is 91.6 Å². The molecule has 4 rings (SSSR count). The van der Waals surface area contributed by atoms with Crippen molar-refractivity contribution in [3.63, 3.8) is 0 Å². The summed E-state index contributed by atoms with van der Waals surface area (Å²) >= 11 is 0. The fourth-order valence-electron chi connectivity index (χ4n) is 4.33. The Morgan fingerprint density at radius 2 is 1.88 bits per heavy atom. The largest absolute Gasteiger partial charge is 0.455 e. The zero-order valence-corrected chi connectivity index (χ0v) is 15.3. The number of amides is 1. The van der Waals surface area contributed by atoms with Crippen LogP contribution >= 0.6 is 0 Å². The molecule has 7 nitrogen and oxygen atoms in total. The van der Waals surface area contributed by atoms with E-state index in [0.29, 0.717) is 25.2 Å². The van der Waals surface area contributed by atoms with Gasteiger partial charge in [-0.05, 0) is 45.4 Å². The highest BCUT2D eigenvalue weighted by Gasteiger charge is 2.35. The molecular weight excluding hydrogens is 342 g/mol. The van der Waals surface area contributed by atoms with Gasteiger partial charge in [0.1, 0.15) is 10.7 Å². The van der Waals surface area contributed by atoms with E-state index in [1.54, 1.807) is 6.92 Å². The highest BCUT2D eigenvalue weighted by atomic mass is 32.2. The number of carbonyl (C=O) groups is 1. The van der Waals surface area contributed by atoms with Gasteiger partial charge in [0.15, 0.2) is 5.76 Å². The molecule has 3 aliphatic rings. The summed E-state index contributed by atoms with van der Waals surface area (Å²) in [6, 6.07) is 2.46. The van der Waals surface area contributed by atoms with Crippen molar-refractivity contribution in [1.82, 2.24) is 14.9 Å². The van der Waals surface area contributed by atoms with Gasteiger partial charge in [0.25, 0.3) is 5.91 Å². The summed E-state index contributed by atoms with van der Waals surface area (Å²) in [5.74, 6) is 0.0425. The van der Waals surface area contributed by atoms with Crippen LogP contribution in [0.5, 0.6) is 0 Å². The normalized spacial score (nSPS) is 29.9. The summed E-state index contributed by atoms with van der Waals surface area (Å²) in [5, 5.41) is 6.55. The lowest BCUT2D eigenvalue weighted by atomic mass is 10.00. The molecule has 3 saturated heterocycles. The Bertz CT molecular complexity index is 755. The predicted octanol–water partition coefficient (Wildman–Crippen LogP) is 1.39. The number of nitrogens with zero attached hydrogens (tertiary/aromatic N) is 1. The maximum absolute atomic E-state index is 12.7. The molecular formula is C17H25N3O4S. The Morgan fingerprint density at radius 1 is 1.24 bits per heavy atom. The standard InChI is InChI=1S/C17H25N3O4S/c1-11-16(25(22,23)20-6-2-3-7-20)10-15(24-11)17(21)19-14-8-12-4-5-13(9-14)18-12/h10,12-14,18H,2-9H2,1H3,(H,19,21). The molecule has 0 aromatic carbocycles. The van der Waals surface area contributed by atoms with E-state index < -0.39 is 10.0 Å². The Hall–Kier alpha value is -1.38. The van der Waals surface area contributed by atoms with Gasteiger partial charge in [0, 0.05) is 37.3 Å². The van der Waals surface area contributed by atoms with Crippen molar-refractivity contribution in [2.45, 2.75) is 68.5 Å². The van der Waals surface area contributed by atoms with E-state index >= 15 is 0 Å². The third-order valence-corrected chi connectivity index (χ3v) is 7.59. The summed E-state index contributed by atoms with van der Waals surface area (Å²) in [6.07, 6.45) is 5.91. The highest BCUT2D eigenvalue weighted by Crippen LogP contribution is 2.28. The maximum atomic E-state index is 12.7. The first-order valence-corrected chi connectivity index (χ1v) is 10.5. The van der Waals surface area contributed by atoms with Crippen LogP contribution in [-0.2, 0) is 10.0 Å². The lowest BCUT2D eigenvalue weighted by Crippen LogP contribution is -2.47. The number of rotatable bonds is 4. The Kier molecular flexibility index (Phi) is 4.37. The third-order valence-electron chi connectivity index (χ3n) is 5.59. The Labute approximate surface area is 148 Å². The first-order chi connectivity index (χ1) is 11.9. The van der Waals surface area contributed by atoms with Gasteiger partial charge in [-0.2, -0.15) is 4.31 Å². The summed E-state index contributed by atoms with van der Waals surface area (Å²) in [5.41, 5.74) is 0. The predicted molar refractivity (Wildman–Crippen MR) is 91.9 cm³/mol. The molecule has 1 amide bonds. The van der Waals surface area contributed by atoms with E-state index in [1.807, 2.05) is 0 Å². The summed E-state index contributed by atoms with van der Waals surface area (Å²) in [4.78, 5) is 12.6. The van der Waals surface area contributed by atoms with Crippen LogP contribution < -0.4 is 10.6 Å². The molecule has 2 atom stereocenters. The van der Waals surface area contributed by atoms with E-state index in [2.05, 4.69) is 10.6 Å². The molecule has 2 bridgehead atoms. The fraction of sp³-hybridized carbons (Fsp3) is 0.706. The van der Waals surface area contributed by atoms with Crippen LogP contribution in [0.15, 0.2) is 15.4 Å². The zero-order chi connectivity index (χ0) is 17.6. The second-order valence-electron chi connectivity index (χ2n) is 7.42. The molecule has 0 spiro atoms. The Balaban J connectivity index is 1.48. The van der Waals surface area contributed by atoms with Gasteiger partial charge in [-0.1, -0.05) is 0 Å². The first-order valence-electron chi connectivity index (χ1n) is 9.11. The molecule has 3 aliphatic heterocycles. The van der Waals surface area contributed by atoms with Crippen LogP contribution in [0.3, 0.4) is 0 Å². The summed E-state index contributed by atoms with van der Waals surface area (Å²) in [6.45, 7) is 2.67. The molecule has 25 heavy (non-hydrogen) atoms. The van der Waals surface area contributed by atoms with E-state index in [-0.39, 0.29) is 28.4 Å². The molecule has 3 fully saturated rings. The molecule has 138 valence electrons. The molecule has 1 aromatic rings. The van der Waals surface area contributed by atoms with Crippen LogP contribution in [0.2, 0.25) is 0 Å². The monoisotopic (exact) mass is 367 g/mol. The molecule has 2 unspecified atom stereocenters. The van der Waals surface area contributed by atoms with E-state index in [1.165, 1.54) is 10.4 Å². The minimum atomic E-state index is -3.57. The van der Waals surface area contributed by atoms with Crippen LogP contribution in [-0.4, -0.2) is 49.8 Å². The van der Waals surface area contributed by atoms with Gasteiger partial charge in [-0.15, -0.1) is 0 Å². The molecule has 4 heterocycles. The number of hydrogen-bond donors (Lipinski definition) is 2. The second-order valence-corrected chi connectivity index (χ2v) is 9.33. The number of nitrogens with one attached hydrogen (secondary N) is 2. The highest BCUT2D eigenvalue weighted by molar-refractivity contribution is 7.89. The maximum Gasteiger partial charge on any atom is 0.287 e. The van der Waals surface area contributed by atoms with Gasteiger partial charge < -0.3 is 15.1 Å². The number of aryl methyl sites for hydroxylation is 1. The molecule has 0 saturated carbocycles. The SMILES string of the molecule is Cc1oc(C(=O)NC2CC3CCC(C2)N3)cc1S(=O)(=O)N1CCCC1. The minimum absolute atomic E-state index is 0.0844. The van der Waals surface area contributed by atoms with Gasteiger partial charge in [-0.3, -0.25) is 4.79 Å². The van der Waals surface area contributed by atoms with Crippen LogP contribution in [0.4, 0.5) is 0 Å². The molecule has 0 aliphatic carbocycles. The number of fused-ring (bicyclic) bond motifs is 2. The van der Waals surface area contributed by atoms with Crippen molar-refractivity contribution in [3.8, 4) is 0 Å². The molecule has 0 radical (unpaired) electrons. The van der Waals surface area contributed by atoms with Crippen molar-refractivity contribution in [1.29, 1.82) is 0 Å². The Morgan fingerprint density at radius 3 is 2.52 bits per heavy atom. The van der Waals surface area contributed by atoms with Gasteiger partial charge in [0.2, 0.25) is 10.0 Å². The van der Waals surface area contributed by atoms with E-state index in [4.69, 9.17) is 4.42 Å². The van der Waals surface area contributed by atoms with Crippen molar-refractivity contribution in [2.24, 2.45) is 0 Å². The number of sulfonamides is 1.